The van der Waals surface area contributed by atoms with Gasteiger partial charge in [0, 0.05) is 36.1 Å². The van der Waals surface area contributed by atoms with Crippen LogP contribution in [-0.2, 0) is 0 Å². The summed E-state index contributed by atoms with van der Waals surface area (Å²) in [5.41, 5.74) is 1.33. The van der Waals surface area contributed by atoms with Crippen LogP contribution >= 0.6 is 11.3 Å². The van der Waals surface area contributed by atoms with Gasteiger partial charge in [-0.1, -0.05) is 0 Å². The van der Waals surface area contributed by atoms with Gasteiger partial charge < -0.3 is 10.2 Å². The van der Waals surface area contributed by atoms with Crippen LogP contribution in [0.4, 0.5) is 5.69 Å². The maximum atomic E-state index is 3.14. The lowest BCUT2D eigenvalue weighted by molar-refractivity contribution is 0.768. The quantitative estimate of drug-likeness (QED) is 0.766. The molecule has 0 fully saturated rings. The van der Waals surface area contributed by atoms with E-state index < -0.39 is 0 Å². The maximum absolute atomic E-state index is 3.14. The van der Waals surface area contributed by atoms with Crippen LogP contribution < -0.4 is 10.2 Å². The fraction of sp³-hybridized carbons (Fsp3) is 0.556. The first-order valence-electron chi connectivity index (χ1n) is 4.15. The molecule has 1 rings (SSSR count). The van der Waals surface area contributed by atoms with E-state index in [4.69, 9.17) is 0 Å². The second kappa shape index (κ2) is 4.48. The molecule has 2 nitrogen and oxygen atoms in total. The Morgan fingerprint density at radius 1 is 1.58 bits per heavy atom. The van der Waals surface area contributed by atoms with E-state index >= 15 is 0 Å². The molecule has 0 aliphatic carbocycles. The van der Waals surface area contributed by atoms with Gasteiger partial charge in [0.05, 0.1) is 0 Å². The molecular formula is C9H16N2S. The fourth-order valence-electron chi connectivity index (χ4n) is 1.04. The molecule has 1 N–H and O–H groups in total. The van der Waals surface area contributed by atoms with Gasteiger partial charge in [0.2, 0.25) is 0 Å². The van der Waals surface area contributed by atoms with Gasteiger partial charge in [0.1, 0.15) is 0 Å². The number of thiophene rings is 1. The normalized spacial score (nSPS) is 10.2. The van der Waals surface area contributed by atoms with Crippen LogP contribution in [0.15, 0.2) is 11.4 Å². The molecule has 0 bridgehead atoms. The van der Waals surface area contributed by atoms with Crippen molar-refractivity contribution in [1.82, 2.24) is 5.32 Å². The number of rotatable bonds is 4. The number of nitrogens with one attached hydrogen (secondary N) is 1. The highest BCUT2D eigenvalue weighted by Crippen LogP contribution is 2.20. The van der Waals surface area contributed by atoms with Crippen LogP contribution in [0.3, 0.4) is 0 Å². The van der Waals surface area contributed by atoms with Crippen molar-refractivity contribution in [3.8, 4) is 0 Å². The predicted molar refractivity (Wildman–Crippen MR) is 56.3 cm³/mol. The summed E-state index contributed by atoms with van der Waals surface area (Å²) in [5, 5.41) is 5.34. The Hall–Kier alpha value is -0.540. The highest BCUT2D eigenvalue weighted by molar-refractivity contribution is 7.10. The third-order valence-corrected chi connectivity index (χ3v) is 2.70. The number of likely N-dealkylation sites (N-methyl/N-ethyl adjacent to an activating group) is 2. The standard InChI is InChI=1S/C9H16N2S/c1-8-6-9(7-12-8)11(3)5-4-10-2/h6-7,10H,4-5H2,1-3H3. The Bertz CT molecular complexity index is 232. The molecule has 68 valence electrons. The monoisotopic (exact) mass is 184 g/mol. The van der Waals surface area contributed by atoms with E-state index in [1.165, 1.54) is 10.6 Å². The van der Waals surface area contributed by atoms with Crippen LogP contribution in [0.1, 0.15) is 4.88 Å². The number of hydrogen-bond acceptors (Lipinski definition) is 3. The Balaban J connectivity index is 2.47. The maximum Gasteiger partial charge on any atom is 0.0475 e. The summed E-state index contributed by atoms with van der Waals surface area (Å²) in [7, 11) is 4.10. The first kappa shape index (κ1) is 9.55. The number of aryl methyl sites for hydroxylation is 1. The second-order valence-corrected chi connectivity index (χ2v) is 4.06. The summed E-state index contributed by atoms with van der Waals surface area (Å²) in [6, 6.07) is 2.22. The van der Waals surface area contributed by atoms with E-state index in [1.807, 2.05) is 7.05 Å². The van der Waals surface area contributed by atoms with Crippen LogP contribution in [0, 0.1) is 6.92 Å². The average Bonchev–Trinajstić information content (AvgIpc) is 2.47. The van der Waals surface area contributed by atoms with Crippen molar-refractivity contribution in [2.24, 2.45) is 0 Å². The zero-order chi connectivity index (χ0) is 8.97. The van der Waals surface area contributed by atoms with Crippen molar-refractivity contribution in [3.63, 3.8) is 0 Å². The third kappa shape index (κ3) is 2.50. The number of nitrogens with zero attached hydrogens (tertiary/aromatic N) is 1. The Morgan fingerprint density at radius 3 is 2.83 bits per heavy atom. The van der Waals surface area contributed by atoms with Gasteiger partial charge >= 0.3 is 0 Å². The molecule has 1 heterocycles. The fourth-order valence-corrected chi connectivity index (χ4v) is 1.78. The zero-order valence-corrected chi connectivity index (χ0v) is 8.74. The molecule has 0 saturated carbocycles. The molecule has 0 aliphatic heterocycles. The summed E-state index contributed by atoms with van der Waals surface area (Å²) >= 11 is 1.80. The van der Waals surface area contributed by atoms with E-state index in [9.17, 15) is 0 Å². The van der Waals surface area contributed by atoms with Crippen molar-refractivity contribution in [2.75, 3.05) is 32.1 Å². The molecule has 12 heavy (non-hydrogen) atoms. The van der Waals surface area contributed by atoms with E-state index in [2.05, 4.69) is 35.6 Å². The van der Waals surface area contributed by atoms with Gasteiger partial charge in [-0.15, -0.1) is 11.3 Å². The second-order valence-electron chi connectivity index (χ2n) is 2.94. The largest absolute Gasteiger partial charge is 0.373 e. The molecule has 0 amide bonds. The number of hydrogen-bond donors (Lipinski definition) is 1. The summed E-state index contributed by atoms with van der Waals surface area (Å²) < 4.78 is 0. The lowest BCUT2D eigenvalue weighted by Gasteiger charge is -2.16. The molecule has 0 saturated heterocycles. The third-order valence-electron chi connectivity index (χ3n) is 1.85. The van der Waals surface area contributed by atoms with Crippen molar-refractivity contribution < 1.29 is 0 Å². The van der Waals surface area contributed by atoms with Gasteiger partial charge in [0.25, 0.3) is 0 Å². The van der Waals surface area contributed by atoms with Crippen LogP contribution in [0.5, 0.6) is 0 Å². The molecule has 0 unspecified atom stereocenters. The first-order valence-corrected chi connectivity index (χ1v) is 5.03. The van der Waals surface area contributed by atoms with Gasteiger partial charge in [-0.2, -0.15) is 0 Å². The highest BCUT2D eigenvalue weighted by Gasteiger charge is 2.00. The molecular weight excluding hydrogens is 168 g/mol. The topological polar surface area (TPSA) is 15.3 Å². The molecule has 0 atom stereocenters. The lowest BCUT2D eigenvalue weighted by atomic mass is 10.4. The van der Waals surface area contributed by atoms with Gasteiger partial charge in [-0.25, -0.2) is 0 Å². The summed E-state index contributed by atoms with van der Waals surface area (Å²) in [6.45, 7) is 4.23. The first-order chi connectivity index (χ1) is 5.74. The van der Waals surface area contributed by atoms with Crippen molar-refractivity contribution in [2.45, 2.75) is 6.92 Å². The molecule has 1 aromatic rings. The van der Waals surface area contributed by atoms with Crippen molar-refractivity contribution >= 4 is 17.0 Å². The molecule has 0 radical (unpaired) electrons. The summed E-state index contributed by atoms with van der Waals surface area (Å²) in [5.74, 6) is 0. The van der Waals surface area contributed by atoms with E-state index in [1.54, 1.807) is 11.3 Å². The van der Waals surface area contributed by atoms with Crippen molar-refractivity contribution in [3.05, 3.63) is 16.3 Å². The Labute approximate surface area is 78.2 Å². The Morgan fingerprint density at radius 2 is 2.33 bits per heavy atom. The van der Waals surface area contributed by atoms with Crippen LogP contribution in [0.25, 0.3) is 0 Å². The molecule has 3 heteroatoms. The smallest absolute Gasteiger partial charge is 0.0475 e. The lowest BCUT2D eigenvalue weighted by Crippen LogP contribution is -2.26. The minimum Gasteiger partial charge on any atom is -0.373 e. The van der Waals surface area contributed by atoms with Crippen LogP contribution in [0.2, 0.25) is 0 Å². The SMILES string of the molecule is CNCCN(C)c1csc(C)c1. The molecule has 0 spiro atoms. The summed E-state index contributed by atoms with van der Waals surface area (Å²) in [6.07, 6.45) is 0. The molecule has 0 aliphatic rings. The Kier molecular flexibility index (Phi) is 3.56. The van der Waals surface area contributed by atoms with Crippen LogP contribution in [-0.4, -0.2) is 27.2 Å². The minimum absolute atomic E-state index is 1.03. The molecule has 0 aromatic carbocycles. The van der Waals surface area contributed by atoms with Gasteiger partial charge in [-0.05, 0) is 20.0 Å². The minimum atomic E-state index is 1.03. The van der Waals surface area contributed by atoms with E-state index in [0.717, 1.165) is 13.1 Å². The zero-order valence-electron chi connectivity index (χ0n) is 7.92. The molecule has 1 aromatic heterocycles. The highest BCUT2D eigenvalue weighted by atomic mass is 32.1. The van der Waals surface area contributed by atoms with Gasteiger partial charge in [0.15, 0.2) is 0 Å². The van der Waals surface area contributed by atoms with Gasteiger partial charge in [-0.3, -0.25) is 0 Å². The average molecular weight is 184 g/mol. The predicted octanol–water partition coefficient (Wildman–Crippen LogP) is 1.71. The van der Waals surface area contributed by atoms with E-state index in [0.29, 0.717) is 0 Å². The summed E-state index contributed by atoms with van der Waals surface area (Å²) in [4.78, 5) is 3.64. The van der Waals surface area contributed by atoms with Crippen molar-refractivity contribution in [1.29, 1.82) is 0 Å². The van der Waals surface area contributed by atoms with E-state index in [-0.39, 0.29) is 0 Å². The number of anilines is 1.